The van der Waals surface area contributed by atoms with E-state index in [1.165, 1.54) is 0 Å². The molecule has 0 N–H and O–H groups in total. The molecule has 0 aromatic carbocycles. The smallest absolute Gasteiger partial charge is 0.225 e. The van der Waals surface area contributed by atoms with E-state index in [2.05, 4.69) is 13.8 Å². The Kier molecular flexibility index (Phi) is 5.63. The zero-order valence-corrected chi connectivity index (χ0v) is 12.1. The van der Waals surface area contributed by atoms with Gasteiger partial charge in [-0.25, -0.2) is 0 Å². The molecule has 104 valence electrons. The minimum Gasteiger partial charge on any atom is -0.339 e. The van der Waals surface area contributed by atoms with Crippen LogP contribution in [0.3, 0.4) is 0 Å². The maximum Gasteiger partial charge on any atom is 0.225 e. The van der Waals surface area contributed by atoms with Crippen LogP contribution in [0.15, 0.2) is 0 Å². The highest BCUT2D eigenvalue weighted by Gasteiger charge is 2.27. The average molecular weight is 254 g/mol. The van der Waals surface area contributed by atoms with E-state index in [1.54, 1.807) is 0 Å². The van der Waals surface area contributed by atoms with Crippen LogP contribution >= 0.6 is 0 Å². The number of carbonyl (C=O) groups is 2. The Morgan fingerprint density at radius 1 is 0.889 bits per heavy atom. The molecule has 4 heteroatoms. The fourth-order valence-corrected chi connectivity index (χ4v) is 2.41. The Bertz CT molecular complexity index is 290. The van der Waals surface area contributed by atoms with Crippen LogP contribution < -0.4 is 0 Å². The van der Waals surface area contributed by atoms with E-state index >= 15 is 0 Å². The zero-order chi connectivity index (χ0) is 13.7. The van der Waals surface area contributed by atoms with Gasteiger partial charge in [0.05, 0.1) is 0 Å². The normalized spacial score (nSPS) is 16.6. The summed E-state index contributed by atoms with van der Waals surface area (Å²) < 4.78 is 0. The Morgan fingerprint density at radius 2 is 1.28 bits per heavy atom. The van der Waals surface area contributed by atoms with Crippen molar-refractivity contribution in [2.24, 2.45) is 11.8 Å². The summed E-state index contributed by atoms with van der Waals surface area (Å²) in [7, 11) is 0. The third-order valence-corrected chi connectivity index (χ3v) is 3.73. The van der Waals surface area contributed by atoms with Gasteiger partial charge in [0.15, 0.2) is 0 Å². The van der Waals surface area contributed by atoms with Gasteiger partial charge in [-0.15, -0.1) is 0 Å². The summed E-state index contributed by atoms with van der Waals surface area (Å²) in [6.45, 7) is 10.7. The predicted octanol–water partition coefficient (Wildman–Crippen LogP) is 1.75. The van der Waals surface area contributed by atoms with Crippen molar-refractivity contribution in [1.29, 1.82) is 0 Å². The largest absolute Gasteiger partial charge is 0.339 e. The lowest BCUT2D eigenvalue weighted by molar-refractivity contribution is -0.143. The molecule has 1 rings (SSSR count). The quantitative estimate of drug-likeness (QED) is 0.767. The van der Waals surface area contributed by atoms with Crippen LogP contribution in [0, 0.1) is 11.8 Å². The van der Waals surface area contributed by atoms with Gasteiger partial charge in [0.25, 0.3) is 0 Å². The minimum absolute atomic E-state index is 0.0475. The fourth-order valence-electron chi connectivity index (χ4n) is 2.41. The third kappa shape index (κ3) is 3.47. The Balaban J connectivity index is 2.49. The van der Waals surface area contributed by atoms with Crippen LogP contribution in [-0.4, -0.2) is 47.8 Å². The Morgan fingerprint density at radius 3 is 1.61 bits per heavy atom. The van der Waals surface area contributed by atoms with Crippen LogP contribution in [0.1, 0.15) is 40.5 Å². The summed E-state index contributed by atoms with van der Waals surface area (Å²) >= 11 is 0. The van der Waals surface area contributed by atoms with Crippen molar-refractivity contribution in [3.05, 3.63) is 0 Å². The van der Waals surface area contributed by atoms with Crippen LogP contribution in [0.2, 0.25) is 0 Å². The third-order valence-electron chi connectivity index (χ3n) is 3.73. The molecule has 0 aromatic rings. The molecule has 0 unspecified atom stereocenters. The Labute approximate surface area is 110 Å². The van der Waals surface area contributed by atoms with E-state index in [0.29, 0.717) is 26.2 Å². The molecule has 0 aliphatic carbocycles. The fraction of sp³-hybridized carbons (Fsp3) is 0.857. The molecule has 0 aromatic heterocycles. The number of hydrogen-bond acceptors (Lipinski definition) is 2. The second kappa shape index (κ2) is 6.76. The molecule has 18 heavy (non-hydrogen) atoms. The highest BCUT2D eigenvalue weighted by atomic mass is 16.2. The van der Waals surface area contributed by atoms with Crippen molar-refractivity contribution in [2.45, 2.75) is 40.5 Å². The minimum atomic E-state index is 0.0475. The lowest BCUT2D eigenvalue weighted by Gasteiger charge is -2.37. The van der Waals surface area contributed by atoms with Crippen molar-refractivity contribution >= 4 is 11.8 Å². The van der Waals surface area contributed by atoms with Crippen LogP contribution in [0.4, 0.5) is 0 Å². The summed E-state index contributed by atoms with van der Waals surface area (Å²) in [6, 6.07) is 0. The SMILES string of the molecule is CCC(CC)C(=O)N1CCN(C(=O)C(C)C)CC1. The first-order valence-corrected chi connectivity index (χ1v) is 7.08. The highest BCUT2D eigenvalue weighted by Crippen LogP contribution is 2.14. The number of rotatable bonds is 4. The van der Waals surface area contributed by atoms with Gasteiger partial charge in [-0.2, -0.15) is 0 Å². The molecule has 1 fully saturated rings. The first-order chi connectivity index (χ1) is 8.51. The molecule has 0 saturated carbocycles. The monoisotopic (exact) mass is 254 g/mol. The molecule has 1 aliphatic rings. The standard InChI is InChI=1S/C14H26N2O2/c1-5-12(6-2)14(18)16-9-7-15(8-10-16)13(17)11(3)4/h11-12H,5-10H2,1-4H3. The van der Waals surface area contributed by atoms with Crippen LogP contribution in [0.5, 0.6) is 0 Å². The molecular formula is C14H26N2O2. The first kappa shape index (κ1) is 15.0. The number of piperazine rings is 1. The van der Waals surface area contributed by atoms with Gasteiger partial charge in [-0.3, -0.25) is 9.59 Å². The average Bonchev–Trinajstić information content (AvgIpc) is 2.39. The molecule has 1 heterocycles. The molecule has 0 radical (unpaired) electrons. The van der Waals surface area contributed by atoms with Crippen molar-refractivity contribution in [2.75, 3.05) is 26.2 Å². The summed E-state index contributed by atoms with van der Waals surface area (Å²) in [5, 5.41) is 0. The van der Waals surface area contributed by atoms with Crippen LogP contribution in [-0.2, 0) is 9.59 Å². The van der Waals surface area contributed by atoms with Gasteiger partial charge in [-0.1, -0.05) is 27.7 Å². The molecular weight excluding hydrogens is 228 g/mol. The van der Waals surface area contributed by atoms with E-state index < -0.39 is 0 Å². The zero-order valence-electron chi connectivity index (χ0n) is 12.1. The number of amides is 2. The number of nitrogens with zero attached hydrogens (tertiary/aromatic N) is 2. The number of carbonyl (C=O) groups excluding carboxylic acids is 2. The van der Waals surface area contributed by atoms with Crippen molar-refractivity contribution < 1.29 is 9.59 Å². The van der Waals surface area contributed by atoms with Gasteiger partial charge >= 0.3 is 0 Å². The second-order valence-electron chi connectivity index (χ2n) is 5.32. The van der Waals surface area contributed by atoms with Gasteiger partial charge in [0.1, 0.15) is 0 Å². The van der Waals surface area contributed by atoms with E-state index in [-0.39, 0.29) is 23.7 Å². The summed E-state index contributed by atoms with van der Waals surface area (Å²) in [5.41, 5.74) is 0. The molecule has 0 spiro atoms. The number of hydrogen-bond donors (Lipinski definition) is 0. The van der Waals surface area contributed by atoms with E-state index in [9.17, 15) is 9.59 Å². The molecule has 0 atom stereocenters. The predicted molar refractivity (Wildman–Crippen MR) is 72.1 cm³/mol. The van der Waals surface area contributed by atoms with E-state index in [0.717, 1.165) is 12.8 Å². The molecule has 4 nitrogen and oxygen atoms in total. The summed E-state index contributed by atoms with van der Waals surface area (Å²) in [6.07, 6.45) is 1.81. The Hall–Kier alpha value is -1.06. The second-order valence-corrected chi connectivity index (χ2v) is 5.32. The molecule has 1 saturated heterocycles. The molecule has 1 aliphatic heterocycles. The van der Waals surface area contributed by atoms with Crippen molar-refractivity contribution in [3.8, 4) is 0 Å². The highest BCUT2D eigenvalue weighted by molar-refractivity contribution is 5.80. The molecule has 0 bridgehead atoms. The first-order valence-electron chi connectivity index (χ1n) is 7.08. The van der Waals surface area contributed by atoms with Crippen molar-refractivity contribution in [1.82, 2.24) is 9.80 Å². The van der Waals surface area contributed by atoms with Gasteiger partial charge in [0.2, 0.25) is 11.8 Å². The van der Waals surface area contributed by atoms with Gasteiger partial charge < -0.3 is 9.80 Å². The lowest BCUT2D eigenvalue weighted by atomic mass is 10.0. The topological polar surface area (TPSA) is 40.6 Å². The summed E-state index contributed by atoms with van der Waals surface area (Å²) in [5.74, 6) is 0.657. The molecule has 2 amide bonds. The summed E-state index contributed by atoms with van der Waals surface area (Å²) in [4.78, 5) is 27.8. The van der Waals surface area contributed by atoms with E-state index in [4.69, 9.17) is 0 Å². The maximum atomic E-state index is 12.2. The van der Waals surface area contributed by atoms with Gasteiger partial charge in [-0.05, 0) is 12.8 Å². The van der Waals surface area contributed by atoms with E-state index in [1.807, 2.05) is 23.6 Å². The van der Waals surface area contributed by atoms with Crippen molar-refractivity contribution in [3.63, 3.8) is 0 Å². The lowest BCUT2D eigenvalue weighted by Crippen LogP contribution is -2.52. The van der Waals surface area contributed by atoms with Gasteiger partial charge in [0, 0.05) is 38.0 Å². The maximum absolute atomic E-state index is 12.2. The van der Waals surface area contributed by atoms with Crippen LogP contribution in [0.25, 0.3) is 0 Å².